The molecule has 0 aliphatic carbocycles. The molecule has 0 bridgehead atoms. The normalized spacial score (nSPS) is 11.3. The molecule has 2 aromatic carbocycles. The van der Waals surface area contributed by atoms with Crippen LogP contribution >= 0.6 is 11.6 Å². The smallest absolute Gasteiger partial charge is 0.417 e. The molecular formula is C24H19ClF3NO3. The lowest BCUT2D eigenvalue weighted by molar-refractivity contribution is -0.137. The first-order chi connectivity index (χ1) is 15.2. The molecule has 0 N–H and O–H groups in total. The Morgan fingerprint density at radius 3 is 2.25 bits per heavy atom. The van der Waals surface area contributed by atoms with Gasteiger partial charge in [-0.2, -0.15) is 13.2 Å². The van der Waals surface area contributed by atoms with Gasteiger partial charge in [-0.25, -0.2) is 0 Å². The predicted molar refractivity (Wildman–Crippen MR) is 114 cm³/mol. The first kappa shape index (κ1) is 23.5. The zero-order valence-corrected chi connectivity index (χ0v) is 17.8. The zero-order valence-electron chi connectivity index (χ0n) is 17.1. The van der Waals surface area contributed by atoms with E-state index in [0.29, 0.717) is 29.2 Å². The first-order valence-corrected chi connectivity index (χ1v) is 10.2. The number of hydrogen-bond donors (Lipinski definition) is 0. The van der Waals surface area contributed by atoms with Crippen LogP contribution in [0, 0.1) is 0 Å². The van der Waals surface area contributed by atoms with E-state index < -0.39 is 16.8 Å². The molecule has 166 valence electrons. The molecule has 0 atom stereocenters. The molecule has 4 nitrogen and oxygen atoms in total. The molecule has 1 aromatic heterocycles. The van der Waals surface area contributed by atoms with Crippen LogP contribution in [0.25, 0.3) is 0 Å². The summed E-state index contributed by atoms with van der Waals surface area (Å²) in [5.74, 6) is 0.650. The van der Waals surface area contributed by atoms with Crippen molar-refractivity contribution in [1.82, 2.24) is 4.98 Å². The summed E-state index contributed by atoms with van der Waals surface area (Å²) < 4.78 is 44.7. The Bertz CT molecular complexity index is 1130. The molecule has 3 rings (SSSR count). The lowest BCUT2D eigenvalue weighted by Gasteiger charge is -2.11. The Balaban J connectivity index is 1.62. The number of aromatic nitrogens is 1. The van der Waals surface area contributed by atoms with E-state index in [-0.39, 0.29) is 30.0 Å². The van der Waals surface area contributed by atoms with Gasteiger partial charge in [0.1, 0.15) is 23.0 Å². The van der Waals surface area contributed by atoms with Crippen molar-refractivity contribution < 1.29 is 27.5 Å². The molecule has 0 aliphatic rings. The highest BCUT2D eigenvalue weighted by Crippen LogP contribution is 2.35. The number of carbonyl (C=O) groups is 2. The Morgan fingerprint density at radius 1 is 0.938 bits per heavy atom. The van der Waals surface area contributed by atoms with Crippen LogP contribution in [0.1, 0.15) is 40.5 Å². The van der Waals surface area contributed by atoms with Gasteiger partial charge >= 0.3 is 6.18 Å². The molecule has 0 unspecified atom stereocenters. The van der Waals surface area contributed by atoms with Crippen LogP contribution in [-0.2, 0) is 23.8 Å². The van der Waals surface area contributed by atoms with E-state index in [1.54, 1.807) is 43.3 Å². The Kier molecular flexibility index (Phi) is 7.30. The molecule has 0 radical (unpaired) electrons. The van der Waals surface area contributed by atoms with E-state index in [0.717, 1.165) is 12.1 Å². The predicted octanol–water partition coefficient (Wildman–Crippen LogP) is 6.49. The molecule has 1 heterocycles. The summed E-state index contributed by atoms with van der Waals surface area (Å²) in [7, 11) is 0. The number of hydrogen-bond acceptors (Lipinski definition) is 4. The van der Waals surface area contributed by atoms with Gasteiger partial charge in [0, 0.05) is 31.5 Å². The fourth-order valence-electron chi connectivity index (χ4n) is 3.04. The van der Waals surface area contributed by atoms with Crippen molar-refractivity contribution in [1.29, 1.82) is 0 Å². The van der Waals surface area contributed by atoms with Crippen LogP contribution in [0.15, 0.2) is 60.8 Å². The van der Waals surface area contributed by atoms with Gasteiger partial charge in [0.05, 0.1) is 10.6 Å². The van der Waals surface area contributed by atoms with Gasteiger partial charge in [-0.05, 0) is 41.5 Å². The standard InChI is InChI=1S/C24H19ClF3NO3/c1-2-23(31)22-14-19(9-10-29-22)32-18-6-3-15(4-7-18)11-17(30)12-16-5-8-21(25)20(13-16)24(26,27)28/h3-10,13-14H,2,11-12H2,1H3. The summed E-state index contributed by atoms with van der Waals surface area (Å²) in [6, 6.07) is 13.4. The van der Waals surface area contributed by atoms with Crippen molar-refractivity contribution >= 4 is 23.2 Å². The minimum atomic E-state index is -4.58. The number of benzene rings is 2. The third-order valence-corrected chi connectivity index (χ3v) is 4.97. The van der Waals surface area contributed by atoms with Crippen LogP contribution in [-0.4, -0.2) is 16.6 Å². The van der Waals surface area contributed by atoms with Crippen molar-refractivity contribution in [3.63, 3.8) is 0 Å². The molecule has 8 heteroatoms. The van der Waals surface area contributed by atoms with Crippen molar-refractivity contribution in [2.45, 2.75) is 32.4 Å². The van der Waals surface area contributed by atoms with E-state index in [1.165, 1.54) is 12.3 Å². The highest BCUT2D eigenvalue weighted by molar-refractivity contribution is 6.31. The summed E-state index contributed by atoms with van der Waals surface area (Å²) in [4.78, 5) is 28.1. The van der Waals surface area contributed by atoms with E-state index in [9.17, 15) is 22.8 Å². The topological polar surface area (TPSA) is 56.3 Å². The van der Waals surface area contributed by atoms with Gasteiger partial charge in [-0.3, -0.25) is 14.6 Å². The zero-order chi connectivity index (χ0) is 23.3. The minimum Gasteiger partial charge on any atom is -0.457 e. The third-order valence-electron chi connectivity index (χ3n) is 4.64. The van der Waals surface area contributed by atoms with Gasteiger partial charge < -0.3 is 4.74 Å². The molecular weight excluding hydrogens is 443 g/mol. The summed E-state index contributed by atoms with van der Waals surface area (Å²) in [6.07, 6.45) is -2.82. The highest BCUT2D eigenvalue weighted by atomic mass is 35.5. The molecule has 0 amide bonds. The number of Topliss-reactive ketones (excluding diaryl/α,β-unsaturated/α-hetero) is 2. The fourth-order valence-corrected chi connectivity index (χ4v) is 3.26. The van der Waals surface area contributed by atoms with E-state index >= 15 is 0 Å². The lowest BCUT2D eigenvalue weighted by Crippen LogP contribution is -2.10. The van der Waals surface area contributed by atoms with Gasteiger partial charge in [0.15, 0.2) is 5.78 Å². The summed E-state index contributed by atoms with van der Waals surface area (Å²) in [5, 5.41) is -0.398. The number of carbonyl (C=O) groups excluding carboxylic acids is 2. The average Bonchev–Trinajstić information content (AvgIpc) is 2.75. The number of nitrogens with zero attached hydrogens (tertiary/aromatic N) is 1. The largest absolute Gasteiger partial charge is 0.457 e. The number of halogens is 4. The number of alkyl halides is 3. The maximum Gasteiger partial charge on any atom is 0.417 e. The second-order valence-electron chi connectivity index (χ2n) is 7.10. The number of ether oxygens (including phenoxy) is 1. The summed E-state index contributed by atoms with van der Waals surface area (Å²) >= 11 is 5.61. The Labute approximate surface area is 188 Å². The van der Waals surface area contributed by atoms with Gasteiger partial charge in [0.2, 0.25) is 0 Å². The molecule has 0 fully saturated rings. The van der Waals surface area contributed by atoms with Crippen LogP contribution in [0.2, 0.25) is 5.02 Å². The number of rotatable bonds is 8. The van der Waals surface area contributed by atoms with Gasteiger partial charge in [-0.1, -0.05) is 36.7 Å². The first-order valence-electron chi connectivity index (χ1n) is 9.79. The van der Waals surface area contributed by atoms with E-state index in [1.807, 2.05) is 0 Å². The maximum atomic E-state index is 13.0. The SMILES string of the molecule is CCC(=O)c1cc(Oc2ccc(CC(=O)Cc3ccc(Cl)c(C(F)(F)F)c3)cc2)ccn1. The van der Waals surface area contributed by atoms with Crippen molar-refractivity contribution in [2.75, 3.05) is 0 Å². The fraction of sp³-hybridized carbons (Fsp3) is 0.208. The van der Waals surface area contributed by atoms with Gasteiger partial charge in [-0.15, -0.1) is 0 Å². The summed E-state index contributed by atoms with van der Waals surface area (Å²) in [5.41, 5.74) is 0.319. The monoisotopic (exact) mass is 461 g/mol. The van der Waals surface area contributed by atoms with Crippen LogP contribution in [0.3, 0.4) is 0 Å². The van der Waals surface area contributed by atoms with Crippen molar-refractivity contribution in [2.24, 2.45) is 0 Å². The van der Waals surface area contributed by atoms with Crippen LogP contribution in [0.4, 0.5) is 13.2 Å². The second-order valence-corrected chi connectivity index (χ2v) is 7.51. The summed E-state index contributed by atoms with van der Waals surface area (Å²) in [6.45, 7) is 1.75. The molecule has 0 spiro atoms. The van der Waals surface area contributed by atoms with Crippen LogP contribution in [0.5, 0.6) is 11.5 Å². The van der Waals surface area contributed by atoms with Gasteiger partial charge in [0.25, 0.3) is 0 Å². The second kappa shape index (κ2) is 9.96. The third kappa shape index (κ3) is 6.17. The molecule has 0 aliphatic heterocycles. The molecule has 32 heavy (non-hydrogen) atoms. The quantitative estimate of drug-likeness (QED) is 0.360. The van der Waals surface area contributed by atoms with Crippen LogP contribution < -0.4 is 4.74 Å². The highest BCUT2D eigenvalue weighted by Gasteiger charge is 2.33. The lowest BCUT2D eigenvalue weighted by atomic mass is 10.0. The molecule has 0 saturated heterocycles. The molecule has 0 saturated carbocycles. The number of ketones is 2. The minimum absolute atomic E-state index is 0.0642. The Morgan fingerprint density at radius 2 is 1.59 bits per heavy atom. The average molecular weight is 462 g/mol. The number of pyridine rings is 1. The maximum absolute atomic E-state index is 13.0. The van der Waals surface area contributed by atoms with Crippen molar-refractivity contribution in [3.05, 3.63) is 88.2 Å². The van der Waals surface area contributed by atoms with Crippen molar-refractivity contribution in [3.8, 4) is 11.5 Å². The van der Waals surface area contributed by atoms with E-state index in [2.05, 4.69) is 4.98 Å². The Hall–Kier alpha value is -3.19. The molecule has 3 aromatic rings. The van der Waals surface area contributed by atoms with E-state index in [4.69, 9.17) is 16.3 Å².